The van der Waals surface area contributed by atoms with Gasteiger partial charge in [0, 0.05) is 24.3 Å². The molecule has 0 bridgehead atoms. The summed E-state index contributed by atoms with van der Waals surface area (Å²) in [4.78, 5) is 2.85. The normalized spacial score (nSPS) is 32.2. The van der Waals surface area contributed by atoms with Crippen molar-refractivity contribution in [2.24, 2.45) is 16.6 Å². The van der Waals surface area contributed by atoms with E-state index in [1.165, 1.54) is 21.3 Å². The number of methoxy groups -OCH3 is 3. The van der Waals surface area contributed by atoms with Crippen LogP contribution in [0.3, 0.4) is 0 Å². The molecule has 2 aliphatic rings. The second kappa shape index (κ2) is 5.18. The minimum Gasteiger partial charge on any atom is -0.496 e. The fraction of sp³-hybridized carbons (Fsp3) is 0.438. The van der Waals surface area contributed by atoms with Crippen molar-refractivity contribution in [1.82, 2.24) is 0 Å². The highest BCUT2D eigenvalue weighted by atomic mass is 79.9. The van der Waals surface area contributed by atoms with Crippen molar-refractivity contribution in [1.29, 1.82) is 10.5 Å². The Morgan fingerprint density at radius 3 is 2.38 bits per heavy atom. The Kier molecular flexibility index (Phi) is 3.61. The maximum Gasteiger partial charge on any atom is 0.342 e. The summed E-state index contributed by atoms with van der Waals surface area (Å²) in [6, 6.07) is 9.88. The number of amidine groups is 1. The Bertz CT molecular complexity index is 824. The molecule has 0 saturated heterocycles. The largest absolute Gasteiger partial charge is 0.496 e. The zero-order valence-electron chi connectivity index (χ0n) is 13.4. The van der Waals surface area contributed by atoms with E-state index in [-0.39, 0.29) is 5.84 Å². The second-order valence-electron chi connectivity index (χ2n) is 5.72. The molecule has 124 valence electrons. The number of halogens is 1. The van der Waals surface area contributed by atoms with Crippen molar-refractivity contribution < 1.29 is 19.2 Å². The van der Waals surface area contributed by atoms with Gasteiger partial charge in [0.2, 0.25) is 0 Å². The van der Waals surface area contributed by atoms with Crippen LogP contribution in [0.2, 0.25) is 0 Å². The number of hydrogen-bond acceptors (Lipinski definition) is 6. The minimum absolute atomic E-state index is 0.155. The summed E-state index contributed by atoms with van der Waals surface area (Å²) in [6.07, 6.45) is 0. The Balaban J connectivity index is 2.30. The summed E-state index contributed by atoms with van der Waals surface area (Å²) in [5.41, 5.74) is 4.21. The van der Waals surface area contributed by atoms with Gasteiger partial charge in [0.15, 0.2) is 10.8 Å². The number of ether oxygens (including phenoxy) is 3. The number of benzene rings is 1. The molecule has 7 nitrogen and oxygen atoms in total. The van der Waals surface area contributed by atoms with Gasteiger partial charge in [-0.1, -0.05) is 15.9 Å². The van der Waals surface area contributed by atoms with Crippen LogP contribution in [-0.2, 0) is 9.47 Å². The van der Waals surface area contributed by atoms with Crippen LogP contribution in [-0.4, -0.2) is 33.1 Å². The third-order valence-corrected chi connectivity index (χ3v) is 5.57. The fourth-order valence-electron chi connectivity index (χ4n) is 4.01. The molecule has 1 saturated carbocycles. The van der Waals surface area contributed by atoms with E-state index in [2.05, 4.69) is 33.1 Å². The van der Waals surface area contributed by atoms with Crippen molar-refractivity contribution in [3.05, 3.63) is 28.2 Å². The van der Waals surface area contributed by atoms with Crippen molar-refractivity contribution in [2.45, 2.75) is 11.8 Å². The summed E-state index contributed by atoms with van der Waals surface area (Å²) >= 11 is 3.42. The van der Waals surface area contributed by atoms with E-state index in [0.717, 1.165) is 4.47 Å². The van der Waals surface area contributed by atoms with Gasteiger partial charge in [-0.15, -0.1) is 0 Å². The van der Waals surface area contributed by atoms with Crippen LogP contribution in [0.1, 0.15) is 11.5 Å². The van der Waals surface area contributed by atoms with Gasteiger partial charge < -0.3 is 14.2 Å². The maximum atomic E-state index is 10.0. The molecule has 3 rings (SSSR count). The Labute approximate surface area is 147 Å². The van der Waals surface area contributed by atoms with Gasteiger partial charge in [0.05, 0.1) is 25.2 Å². The Hall–Kier alpha value is -2.13. The van der Waals surface area contributed by atoms with Crippen molar-refractivity contribution in [3.63, 3.8) is 0 Å². The summed E-state index contributed by atoms with van der Waals surface area (Å²) in [7, 11) is 4.35. The van der Waals surface area contributed by atoms with E-state index >= 15 is 0 Å². The lowest BCUT2D eigenvalue weighted by Gasteiger charge is -2.27. The first-order chi connectivity index (χ1) is 11.4. The van der Waals surface area contributed by atoms with E-state index in [9.17, 15) is 10.5 Å². The van der Waals surface area contributed by atoms with Gasteiger partial charge in [-0.05, 0) is 18.2 Å². The molecule has 1 aliphatic heterocycles. The topological polar surface area (TPSA) is 115 Å². The van der Waals surface area contributed by atoms with Gasteiger partial charge in [-0.2, -0.15) is 10.5 Å². The van der Waals surface area contributed by atoms with E-state index in [1.807, 2.05) is 12.1 Å². The van der Waals surface area contributed by atoms with E-state index in [1.54, 1.807) is 6.07 Å². The Morgan fingerprint density at radius 1 is 1.21 bits per heavy atom. The monoisotopic (exact) mass is 391 g/mol. The van der Waals surface area contributed by atoms with Gasteiger partial charge in [0.25, 0.3) is 5.84 Å². The maximum absolute atomic E-state index is 10.0. The molecule has 1 aliphatic carbocycles. The fourth-order valence-corrected chi connectivity index (χ4v) is 4.39. The van der Waals surface area contributed by atoms with Crippen LogP contribution in [0.25, 0.3) is 0 Å². The molecule has 24 heavy (non-hydrogen) atoms. The highest BCUT2D eigenvalue weighted by Crippen LogP contribution is 2.79. The zero-order chi connectivity index (χ0) is 17.8. The first kappa shape index (κ1) is 16.7. The van der Waals surface area contributed by atoms with Crippen LogP contribution in [0.5, 0.6) is 5.75 Å². The summed E-state index contributed by atoms with van der Waals surface area (Å²) in [6.45, 7) is 0. The summed E-state index contributed by atoms with van der Waals surface area (Å²) in [5.74, 6) is -1.36. The summed E-state index contributed by atoms with van der Waals surface area (Å²) in [5, 5.41) is 19.9. The highest BCUT2D eigenvalue weighted by molar-refractivity contribution is 9.10. The smallest absolute Gasteiger partial charge is 0.342 e. The van der Waals surface area contributed by atoms with Gasteiger partial charge in [-0.25, -0.2) is 4.99 Å². The minimum atomic E-state index is -1.51. The first-order valence-electron chi connectivity index (χ1n) is 7.12. The molecule has 3 N–H and O–H groups in total. The molecule has 0 aromatic heterocycles. The quantitative estimate of drug-likeness (QED) is 0.696. The third kappa shape index (κ3) is 1.54. The zero-order valence-corrected chi connectivity index (χ0v) is 15.0. The van der Waals surface area contributed by atoms with Gasteiger partial charge >= 0.3 is 5.91 Å². The van der Waals surface area contributed by atoms with Crippen LogP contribution < -0.4 is 15.5 Å². The average Bonchev–Trinajstić information content (AvgIpc) is 3.17. The number of nitrogens with zero attached hydrogens (tertiary/aromatic N) is 2. The molecule has 1 aromatic carbocycles. The third-order valence-electron chi connectivity index (χ3n) is 5.08. The Morgan fingerprint density at radius 2 is 1.88 bits per heavy atom. The second-order valence-corrected chi connectivity index (χ2v) is 6.64. The predicted octanol–water partition coefficient (Wildman–Crippen LogP) is -0.0271. The standard InChI is InChI=1S/C16H15BrN4O3/c1-22-11-5-4-9(17)6-10(11)12-14(7-18)13(20)21-16(23-2,24-3)15(12,14)8-19/h4-6,12H,1-3H3,(H2,20,21)/p+1/t12-,14+,15+/m0/s1. The molecule has 3 atom stereocenters. The number of hydrogen-bond donors (Lipinski definition) is 2. The molecule has 0 unspecified atom stereocenters. The molecule has 0 spiro atoms. The highest BCUT2D eigenvalue weighted by Gasteiger charge is 2.97. The predicted molar refractivity (Wildman–Crippen MR) is 86.4 cm³/mol. The molecule has 8 heteroatoms. The van der Waals surface area contributed by atoms with Crippen molar-refractivity contribution in [2.75, 3.05) is 21.3 Å². The van der Waals surface area contributed by atoms with Crippen LogP contribution >= 0.6 is 15.9 Å². The number of fused-ring (bicyclic) bond motifs is 1. The molecular formula is C16H16BrN4O3+. The van der Waals surface area contributed by atoms with E-state index < -0.39 is 22.7 Å². The molecule has 0 radical (unpaired) electrons. The molecule has 1 heterocycles. The lowest BCUT2D eigenvalue weighted by molar-refractivity contribution is -0.687. The lowest BCUT2D eigenvalue weighted by Crippen LogP contribution is -2.90. The molecule has 1 fully saturated rings. The van der Waals surface area contributed by atoms with Crippen molar-refractivity contribution >= 4 is 21.8 Å². The van der Waals surface area contributed by atoms with E-state index in [4.69, 9.17) is 19.9 Å². The lowest BCUT2D eigenvalue weighted by atomic mass is 9.93. The van der Waals surface area contributed by atoms with Crippen LogP contribution in [0.15, 0.2) is 22.7 Å². The number of nitrogens with one attached hydrogen (secondary N) is 1. The number of nitrogens with two attached hydrogens (primary N) is 1. The van der Waals surface area contributed by atoms with Crippen molar-refractivity contribution in [3.8, 4) is 17.9 Å². The summed E-state index contributed by atoms with van der Waals surface area (Å²) < 4.78 is 17.2. The van der Waals surface area contributed by atoms with Crippen LogP contribution in [0.4, 0.5) is 0 Å². The average molecular weight is 392 g/mol. The van der Waals surface area contributed by atoms with E-state index in [0.29, 0.717) is 11.3 Å². The molecule has 0 amide bonds. The van der Waals surface area contributed by atoms with Gasteiger partial charge in [-0.3, -0.25) is 5.73 Å². The number of rotatable bonds is 4. The first-order valence-corrected chi connectivity index (χ1v) is 7.91. The SMILES string of the molecule is COc1ccc(Br)cc1[C@H]1[C@]2(C#N)C(N)=[NH+]C(OC)(OC)[C@]12C#N. The number of nitriles is 2. The molecular weight excluding hydrogens is 376 g/mol. The van der Waals surface area contributed by atoms with Gasteiger partial charge in [0.1, 0.15) is 5.75 Å². The van der Waals surface area contributed by atoms with Crippen LogP contribution in [0, 0.1) is 33.5 Å². The molecule has 1 aromatic rings.